The number of fused-ring (bicyclic) bond motifs is 1. The predicted molar refractivity (Wildman–Crippen MR) is 160 cm³/mol. The largest absolute Gasteiger partial charge is 0.494 e. The summed E-state index contributed by atoms with van der Waals surface area (Å²) in [6.45, 7) is 16.7. The fourth-order valence-electron chi connectivity index (χ4n) is 5.66. The van der Waals surface area contributed by atoms with Gasteiger partial charge in [0.15, 0.2) is 0 Å². The molecule has 3 fully saturated rings. The minimum absolute atomic E-state index is 0.360. The molecular formula is C32H41B2NO4. The van der Waals surface area contributed by atoms with E-state index in [2.05, 4.69) is 121 Å². The average molecular weight is 525 g/mol. The topological polar surface area (TPSA) is 40.2 Å². The highest BCUT2D eigenvalue weighted by atomic mass is 16.7. The van der Waals surface area contributed by atoms with Crippen molar-refractivity contribution in [1.82, 2.24) is 0 Å². The molecule has 5 nitrogen and oxygen atoms in total. The van der Waals surface area contributed by atoms with Gasteiger partial charge in [0.2, 0.25) is 0 Å². The molecule has 0 spiro atoms. The monoisotopic (exact) mass is 525 g/mol. The van der Waals surface area contributed by atoms with Gasteiger partial charge in [0.05, 0.1) is 22.4 Å². The molecule has 0 N–H and O–H groups in total. The zero-order valence-electron chi connectivity index (χ0n) is 24.7. The summed E-state index contributed by atoms with van der Waals surface area (Å²) in [5.41, 5.74) is 5.78. The quantitative estimate of drug-likeness (QED) is 0.445. The zero-order chi connectivity index (χ0) is 27.8. The van der Waals surface area contributed by atoms with E-state index in [1.54, 1.807) is 5.57 Å². The predicted octanol–water partition coefficient (Wildman–Crippen LogP) is 6.05. The van der Waals surface area contributed by atoms with Gasteiger partial charge in [-0.15, -0.1) is 0 Å². The molecule has 2 saturated heterocycles. The highest BCUT2D eigenvalue weighted by Gasteiger charge is 2.52. The summed E-state index contributed by atoms with van der Waals surface area (Å²) in [4.78, 5) is 2.38. The summed E-state index contributed by atoms with van der Waals surface area (Å²) in [6, 6.07) is 17.3. The van der Waals surface area contributed by atoms with Gasteiger partial charge in [-0.05, 0) is 122 Å². The van der Waals surface area contributed by atoms with Crippen molar-refractivity contribution in [2.24, 2.45) is 5.92 Å². The van der Waals surface area contributed by atoms with Crippen LogP contribution in [0.2, 0.25) is 0 Å². The van der Waals surface area contributed by atoms with Crippen molar-refractivity contribution in [3.8, 4) is 0 Å². The summed E-state index contributed by atoms with van der Waals surface area (Å²) in [5, 5.41) is 0. The van der Waals surface area contributed by atoms with Gasteiger partial charge in [-0.2, -0.15) is 0 Å². The fraction of sp³-hybridized carbons (Fsp3) is 0.500. The third kappa shape index (κ3) is 4.61. The Bertz CT molecular complexity index is 1200. The Balaban J connectivity index is 1.29. The van der Waals surface area contributed by atoms with Gasteiger partial charge in [-0.3, -0.25) is 0 Å². The molecule has 39 heavy (non-hydrogen) atoms. The van der Waals surface area contributed by atoms with E-state index >= 15 is 0 Å². The summed E-state index contributed by atoms with van der Waals surface area (Å²) in [6.07, 6.45) is 8.20. The number of nitrogens with zero attached hydrogens (tertiary/aromatic N) is 1. The molecule has 7 heteroatoms. The number of benzene rings is 2. The Morgan fingerprint density at radius 2 is 1.03 bits per heavy atom. The lowest BCUT2D eigenvalue weighted by Crippen LogP contribution is -2.41. The average Bonchev–Trinajstić information content (AvgIpc) is 3.21. The number of hydrogen-bond donors (Lipinski definition) is 0. The van der Waals surface area contributed by atoms with Gasteiger partial charge >= 0.3 is 14.2 Å². The van der Waals surface area contributed by atoms with Crippen molar-refractivity contribution < 1.29 is 18.6 Å². The van der Waals surface area contributed by atoms with E-state index in [4.69, 9.17) is 18.6 Å². The van der Waals surface area contributed by atoms with Crippen LogP contribution >= 0.6 is 0 Å². The van der Waals surface area contributed by atoms with Gasteiger partial charge in [0.1, 0.15) is 0 Å². The molecule has 6 rings (SSSR count). The molecule has 0 aromatic heterocycles. The molecule has 2 aliphatic carbocycles. The Morgan fingerprint density at radius 3 is 1.36 bits per heavy atom. The number of allylic oxidation sites excluding steroid dienone is 4. The third-order valence-corrected chi connectivity index (χ3v) is 9.89. The van der Waals surface area contributed by atoms with Crippen molar-refractivity contribution in [1.29, 1.82) is 0 Å². The Kier molecular flexibility index (Phi) is 6.28. The van der Waals surface area contributed by atoms with Crippen molar-refractivity contribution in [3.05, 3.63) is 72.0 Å². The maximum atomic E-state index is 6.30. The molecule has 1 atom stereocenters. The van der Waals surface area contributed by atoms with E-state index in [9.17, 15) is 0 Å². The number of rotatable bonds is 5. The lowest BCUT2D eigenvalue weighted by molar-refractivity contribution is 0.00578. The zero-order valence-corrected chi connectivity index (χ0v) is 24.7. The third-order valence-electron chi connectivity index (χ3n) is 9.89. The van der Waals surface area contributed by atoms with E-state index in [0.29, 0.717) is 5.92 Å². The minimum atomic E-state index is -0.369. The second kappa shape index (κ2) is 9.10. The van der Waals surface area contributed by atoms with E-state index < -0.39 is 0 Å². The molecule has 1 unspecified atom stereocenters. The van der Waals surface area contributed by atoms with Gasteiger partial charge < -0.3 is 23.5 Å². The highest BCUT2D eigenvalue weighted by Crippen LogP contribution is 2.44. The molecule has 2 aromatic rings. The van der Waals surface area contributed by atoms with Gasteiger partial charge in [-0.25, -0.2) is 0 Å². The molecule has 204 valence electrons. The van der Waals surface area contributed by atoms with Crippen LogP contribution in [0.1, 0.15) is 74.7 Å². The normalized spacial score (nSPS) is 26.0. The first-order chi connectivity index (χ1) is 18.3. The van der Waals surface area contributed by atoms with Crippen molar-refractivity contribution in [2.45, 2.75) is 97.1 Å². The van der Waals surface area contributed by atoms with E-state index in [-0.39, 0.29) is 36.6 Å². The molecular weight excluding hydrogens is 484 g/mol. The van der Waals surface area contributed by atoms with Crippen LogP contribution in [0.3, 0.4) is 0 Å². The van der Waals surface area contributed by atoms with Crippen molar-refractivity contribution in [3.63, 3.8) is 0 Å². The Morgan fingerprint density at radius 1 is 0.615 bits per heavy atom. The lowest BCUT2D eigenvalue weighted by atomic mass is 9.74. The number of hydrogen-bond acceptors (Lipinski definition) is 5. The van der Waals surface area contributed by atoms with Gasteiger partial charge in [-0.1, -0.05) is 35.9 Å². The van der Waals surface area contributed by atoms with E-state index in [1.807, 2.05) is 0 Å². The molecule has 0 radical (unpaired) electrons. The molecule has 1 saturated carbocycles. The molecule has 2 aliphatic heterocycles. The first kappa shape index (κ1) is 26.9. The molecule has 0 bridgehead atoms. The maximum Gasteiger partial charge on any atom is 0.494 e. The summed E-state index contributed by atoms with van der Waals surface area (Å²) >= 11 is 0. The van der Waals surface area contributed by atoms with Crippen molar-refractivity contribution in [2.75, 3.05) is 4.90 Å². The van der Waals surface area contributed by atoms with Gasteiger partial charge in [0.25, 0.3) is 0 Å². The summed E-state index contributed by atoms with van der Waals surface area (Å²) < 4.78 is 25.2. The van der Waals surface area contributed by atoms with Crippen LogP contribution in [-0.4, -0.2) is 36.6 Å². The Hall–Kier alpha value is -2.31. The first-order valence-electron chi connectivity index (χ1n) is 14.4. The standard InChI is InChI=1S/C32H41B2NO4/c1-29(2)30(3,4)37-33(36-29)24-12-17-26(18-13-24)35(28-16-11-22-9-10-23(22)21-28)27-19-14-25(15-20-27)34-38-31(5,6)32(7,8)39-34/h11-20,23H,9-10,21H2,1-8H3. The lowest BCUT2D eigenvalue weighted by Gasteiger charge is -2.38. The van der Waals surface area contributed by atoms with Crippen LogP contribution in [0.15, 0.2) is 72.0 Å². The second-order valence-corrected chi connectivity index (χ2v) is 13.5. The number of anilines is 2. The first-order valence-corrected chi connectivity index (χ1v) is 14.4. The Labute approximate surface area is 234 Å². The molecule has 2 aromatic carbocycles. The van der Waals surface area contributed by atoms with Crippen LogP contribution in [0.25, 0.3) is 0 Å². The van der Waals surface area contributed by atoms with Crippen LogP contribution in [-0.2, 0) is 18.6 Å². The van der Waals surface area contributed by atoms with Crippen LogP contribution in [0.5, 0.6) is 0 Å². The summed E-state index contributed by atoms with van der Waals surface area (Å²) in [7, 11) is -0.739. The fourth-order valence-corrected chi connectivity index (χ4v) is 5.66. The molecule has 0 amide bonds. The van der Waals surface area contributed by atoms with Crippen molar-refractivity contribution >= 4 is 36.5 Å². The SMILES string of the molecule is CC1(C)OB(c2ccc(N(C3=CC=C4CCC4C3)c3ccc(B4OC(C)(C)C(C)(C)O4)cc3)cc2)OC1(C)C. The highest BCUT2D eigenvalue weighted by molar-refractivity contribution is 6.62. The summed E-state index contributed by atoms with van der Waals surface area (Å²) in [5.74, 6) is 0.667. The minimum Gasteiger partial charge on any atom is -0.399 e. The smallest absolute Gasteiger partial charge is 0.399 e. The van der Waals surface area contributed by atoms with Crippen LogP contribution < -0.4 is 15.8 Å². The van der Waals surface area contributed by atoms with E-state index in [1.165, 1.54) is 18.5 Å². The molecule has 2 heterocycles. The van der Waals surface area contributed by atoms with Crippen LogP contribution in [0.4, 0.5) is 11.4 Å². The van der Waals surface area contributed by atoms with E-state index in [0.717, 1.165) is 28.7 Å². The second-order valence-electron chi connectivity index (χ2n) is 13.5. The van der Waals surface area contributed by atoms with Gasteiger partial charge in [0, 0.05) is 17.1 Å². The molecule has 4 aliphatic rings. The van der Waals surface area contributed by atoms with Crippen LogP contribution in [0, 0.1) is 5.92 Å². The maximum absolute atomic E-state index is 6.30.